The van der Waals surface area contributed by atoms with Gasteiger partial charge in [-0.2, -0.15) is 0 Å². The van der Waals surface area contributed by atoms with Crippen molar-refractivity contribution in [3.63, 3.8) is 0 Å². The zero-order chi connectivity index (χ0) is 6.57. The lowest BCUT2D eigenvalue weighted by Crippen LogP contribution is -1.87. The molecule has 0 fully saturated rings. The first-order valence-corrected chi connectivity index (χ1v) is 2.64. The van der Waals surface area contributed by atoms with Crippen molar-refractivity contribution in [2.75, 3.05) is 0 Å². The summed E-state index contributed by atoms with van der Waals surface area (Å²) in [4.78, 5) is 0. The molecule has 0 heterocycles. The molecule has 8 heavy (non-hydrogen) atoms. The van der Waals surface area contributed by atoms with E-state index in [1.165, 1.54) is 0 Å². The zero-order valence-corrected chi connectivity index (χ0v) is 5.39. The van der Waals surface area contributed by atoms with Crippen LogP contribution in [0.5, 0.6) is 0 Å². The Bertz CT molecular complexity index is 103. The zero-order valence-electron chi connectivity index (χ0n) is 5.39. The maximum Gasteiger partial charge on any atom is 0.0757 e. The Morgan fingerprint density at radius 3 is 2.38 bits per heavy atom. The Morgan fingerprint density at radius 1 is 1.75 bits per heavy atom. The van der Waals surface area contributed by atoms with Crippen molar-refractivity contribution in [2.24, 2.45) is 5.92 Å². The van der Waals surface area contributed by atoms with Crippen molar-refractivity contribution in [1.82, 2.24) is 0 Å². The van der Waals surface area contributed by atoms with Crippen LogP contribution in [0.15, 0.2) is 24.5 Å². The van der Waals surface area contributed by atoms with Gasteiger partial charge in [0, 0.05) is 0 Å². The van der Waals surface area contributed by atoms with Crippen LogP contribution in [-0.4, -0.2) is 5.11 Å². The summed E-state index contributed by atoms with van der Waals surface area (Å²) < 4.78 is 0. The molecule has 0 unspecified atom stereocenters. The van der Waals surface area contributed by atoms with E-state index in [0.717, 1.165) is 11.8 Å². The van der Waals surface area contributed by atoms with Crippen LogP contribution >= 0.6 is 0 Å². The summed E-state index contributed by atoms with van der Waals surface area (Å²) in [6.07, 6.45) is 2.75. The molecule has 0 aromatic rings. The molecule has 0 radical (unpaired) electrons. The number of hydrogen-bond acceptors (Lipinski definition) is 1. The Morgan fingerprint density at radius 2 is 2.25 bits per heavy atom. The second kappa shape index (κ2) is 3.30. The highest BCUT2D eigenvalue weighted by Gasteiger charge is 1.93. The first-order valence-electron chi connectivity index (χ1n) is 2.64. The maximum absolute atomic E-state index is 8.26. The van der Waals surface area contributed by atoms with E-state index in [9.17, 15) is 0 Å². The van der Waals surface area contributed by atoms with E-state index in [1.807, 2.05) is 13.8 Å². The summed E-state index contributed by atoms with van der Waals surface area (Å²) in [5.74, 6) is 0.292. The molecule has 46 valence electrons. The summed E-state index contributed by atoms with van der Waals surface area (Å²) >= 11 is 0. The minimum Gasteiger partial charge on any atom is -0.516 e. The van der Waals surface area contributed by atoms with Crippen molar-refractivity contribution >= 4 is 0 Å². The van der Waals surface area contributed by atoms with Gasteiger partial charge in [0.25, 0.3) is 0 Å². The number of rotatable bonds is 2. The molecule has 0 saturated heterocycles. The van der Waals surface area contributed by atoms with Crippen LogP contribution in [0.2, 0.25) is 0 Å². The predicted molar refractivity (Wildman–Crippen MR) is 35.7 cm³/mol. The van der Waals surface area contributed by atoms with Crippen LogP contribution in [0.3, 0.4) is 0 Å². The van der Waals surface area contributed by atoms with E-state index in [2.05, 4.69) is 6.58 Å². The van der Waals surface area contributed by atoms with Crippen LogP contribution < -0.4 is 0 Å². The fourth-order valence-electron chi connectivity index (χ4n) is 0.293. The van der Waals surface area contributed by atoms with Gasteiger partial charge in [0.2, 0.25) is 0 Å². The van der Waals surface area contributed by atoms with Gasteiger partial charge < -0.3 is 5.11 Å². The molecule has 0 aromatic heterocycles. The standard InChI is InChI=1S/C7H12O/c1-6(2)7(3)4-5-8/h4-5,7-8H,1H2,2-3H3/b5-4-/t7-/m0/s1. The topological polar surface area (TPSA) is 20.2 Å². The molecule has 0 aliphatic heterocycles. The molecule has 0 rings (SSSR count). The second-order valence-corrected chi connectivity index (χ2v) is 1.98. The highest BCUT2D eigenvalue weighted by Crippen LogP contribution is 2.06. The van der Waals surface area contributed by atoms with Gasteiger partial charge in [-0.15, -0.1) is 0 Å². The molecule has 0 aromatic carbocycles. The average molecular weight is 112 g/mol. The molecule has 1 nitrogen and oxygen atoms in total. The van der Waals surface area contributed by atoms with Gasteiger partial charge in [-0.3, -0.25) is 0 Å². The third-order valence-corrected chi connectivity index (χ3v) is 1.15. The smallest absolute Gasteiger partial charge is 0.0757 e. The third kappa shape index (κ3) is 2.45. The highest BCUT2D eigenvalue weighted by atomic mass is 16.2. The monoisotopic (exact) mass is 112 g/mol. The molecule has 0 amide bonds. The summed E-state index contributed by atoms with van der Waals surface area (Å²) in [5.41, 5.74) is 1.07. The average Bonchev–Trinajstić information content (AvgIpc) is 1.67. The summed E-state index contributed by atoms with van der Waals surface area (Å²) in [5, 5.41) is 8.26. The molecule has 1 atom stereocenters. The minimum atomic E-state index is 0.292. The Hall–Kier alpha value is -0.720. The molecule has 0 saturated carbocycles. The molecule has 0 aliphatic carbocycles. The predicted octanol–water partition coefficient (Wildman–Crippen LogP) is 2.27. The van der Waals surface area contributed by atoms with Gasteiger partial charge in [0.15, 0.2) is 0 Å². The molecule has 0 aliphatic rings. The maximum atomic E-state index is 8.26. The molecular formula is C7H12O. The molecule has 1 N–H and O–H groups in total. The summed E-state index contributed by atoms with van der Waals surface area (Å²) in [6, 6.07) is 0. The highest BCUT2D eigenvalue weighted by molar-refractivity contribution is 5.02. The summed E-state index contributed by atoms with van der Waals surface area (Å²) in [6.45, 7) is 7.63. The van der Waals surface area contributed by atoms with Crippen LogP contribution in [0.1, 0.15) is 13.8 Å². The lowest BCUT2D eigenvalue weighted by molar-refractivity contribution is 0.468. The van der Waals surface area contributed by atoms with Gasteiger partial charge in [0.1, 0.15) is 0 Å². The number of hydrogen-bond donors (Lipinski definition) is 1. The van der Waals surface area contributed by atoms with Crippen molar-refractivity contribution in [3.05, 3.63) is 24.5 Å². The first-order chi connectivity index (χ1) is 3.68. The Kier molecular flexibility index (Phi) is 3.01. The SMILES string of the molecule is C=C(C)[C@@H](C)/C=C\O. The fourth-order valence-corrected chi connectivity index (χ4v) is 0.293. The lowest BCUT2D eigenvalue weighted by Gasteiger charge is -2.00. The van der Waals surface area contributed by atoms with E-state index in [4.69, 9.17) is 5.11 Å². The molecule has 1 heteroatoms. The van der Waals surface area contributed by atoms with Crippen LogP contribution in [0.4, 0.5) is 0 Å². The Labute approximate surface area is 50.3 Å². The normalized spacial score (nSPS) is 14.2. The fraction of sp³-hybridized carbons (Fsp3) is 0.429. The van der Waals surface area contributed by atoms with Gasteiger partial charge in [0.05, 0.1) is 6.26 Å². The van der Waals surface area contributed by atoms with E-state index >= 15 is 0 Å². The van der Waals surface area contributed by atoms with E-state index in [1.54, 1.807) is 6.08 Å². The summed E-state index contributed by atoms with van der Waals surface area (Å²) in [7, 11) is 0. The van der Waals surface area contributed by atoms with E-state index < -0.39 is 0 Å². The molecular weight excluding hydrogens is 100 g/mol. The minimum absolute atomic E-state index is 0.292. The largest absolute Gasteiger partial charge is 0.516 e. The third-order valence-electron chi connectivity index (χ3n) is 1.15. The number of allylic oxidation sites excluding steroid dienone is 2. The van der Waals surface area contributed by atoms with Crippen molar-refractivity contribution < 1.29 is 5.11 Å². The molecule has 0 bridgehead atoms. The van der Waals surface area contributed by atoms with Crippen LogP contribution in [0, 0.1) is 5.92 Å². The lowest BCUT2D eigenvalue weighted by atomic mass is 10.1. The van der Waals surface area contributed by atoms with E-state index in [0.29, 0.717) is 5.92 Å². The van der Waals surface area contributed by atoms with Gasteiger partial charge in [-0.1, -0.05) is 19.1 Å². The number of aliphatic hydroxyl groups is 1. The van der Waals surface area contributed by atoms with Crippen molar-refractivity contribution in [1.29, 1.82) is 0 Å². The van der Waals surface area contributed by atoms with Crippen molar-refractivity contribution in [2.45, 2.75) is 13.8 Å². The Balaban J connectivity index is 3.64. The van der Waals surface area contributed by atoms with Gasteiger partial charge in [-0.25, -0.2) is 0 Å². The van der Waals surface area contributed by atoms with E-state index in [-0.39, 0.29) is 0 Å². The van der Waals surface area contributed by atoms with Crippen molar-refractivity contribution in [3.8, 4) is 0 Å². The second-order valence-electron chi connectivity index (χ2n) is 1.98. The van der Waals surface area contributed by atoms with Crippen LogP contribution in [0.25, 0.3) is 0 Å². The number of aliphatic hydroxyl groups excluding tert-OH is 1. The molecule has 0 spiro atoms. The van der Waals surface area contributed by atoms with Crippen LogP contribution in [-0.2, 0) is 0 Å². The first kappa shape index (κ1) is 7.28. The quantitative estimate of drug-likeness (QED) is 0.429. The van der Waals surface area contributed by atoms with Gasteiger partial charge >= 0.3 is 0 Å². The van der Waals surface area contributed by atoms with Gasteiger partial charge in [-0.05, 0) is 18.9 Å².